The van der Waals surface area contributed by atoms with Crippen molar-refractivity contribution in [1.29, 1.82) is 0 Å². The summed E-state index contributed by atoms with van der Waals surface area (Å²) in [4.78, 5) is 13.2. The van der Waals surface area contributed by atoms with Crippen molar-refractivity contribution < 1.29 is 14.3 Å². The molecule has 0 atom stereocenters. The normalized spacial score (nSPS) is 12.8. The standard InChI is InChI=1S/C17H17NO3S/c1-12-4-2-3-5-16(12)22-11-17(19)18-13-6-7-14-15(10-13)21-9-8-20-14/h2-7,10H,8-9,11H2,1H3,(H,18,19). The van der Waals surface area contributed by atoms with E-state index in [2.05, 4.69) is 5.32 Å². The van der Waals surface area contributed by atoms with Crippen LogP contribution >= 0.6 is 11.8 Å². The summed E-state index contributed by atoms with van der Waals surface area (Å²) in [5.74, 6) is 1.73. The molecular weight excluding hydrogens is 298 g/mol. The van der Waals surface area contributed by atoms with Crippen LogP contribution in [0.1, 0.15) is 5.56 Å². The molecule has 5 heteroatoms. The minimum atomic E-state index is -0.0371. The van der Waals surface area contributed by atoms with Crippen LogP contribution in [0.15, 0.2) is 47.4 Å². The summed E-state index contributed by atoms with van der Waals surface area (Å²) in [5, 5.41) is 2.89. The Hall–Kier alpha value is -2.14. The minimum Gasteiger partial charge on any atom is -0.486 e. The Labute approximate surface area is 133 Å². The molecule has 1 N–H and O–H groups in total. The molecule has 1 amide bonds. The van der Waals surface area contributed by atoms with E-state index in [4.69, 9.17) is 9.47 Å². The van der Waals surface area contributed by atoms with Crippen molar-refractivity contribution in [2.45, 2.75) is 11.8 Å². The molecule has 0 radical (unpaired) electrons. The number of anilines is 1. The molecule has 0 fully saturated rings. The summed E-state index contributed by atoms with van der Waals surface area (Å²) in [6.07, 6.45) is 0. The molecule has 1 heterocycles. The van der Waals surface area contributed by atoms with Gasteiger partial charge >= 0.3 is 0 Å². The lowest BCUT2D eigenvalue weighted by Crippen LogP contribution is -2.17. The van der Waals surface area contributed by atoms with Gasteiger partial charge in [0.05, 0.1) is 5.75 Å². The van der Waals surface area contributed by atoms with Crippen molar-refractivity contribution in [3.05, 3.63) is 48.0 Å². The molecule has 0 aromatic heterocycles. The second-order valence-electron chi connectivity index (χ2n) is 4.96. The highest BCUT2D eigenvalue weighted by Gasteiger charge is 2.13. The Morgan fingerprint density at radius 1 is 1.14 bits per heavy atom. The van der Waals surface area contributed by atoms with Crippen molar-refractivity contribution in [3.63, 3.8) is 0 Å². The Morgan fingerprint density at radius 3 is 2.73 bits per heavy atom. The first-order chi connectivity index (χ1) is 10.7. The van der Waals surface area contributed by atoms with Crippen LogP contribution in [0.2, 0.25) is 0 Å². The molecule has 22 heavy (non-hydrogen) atoms. The third-order valence-corrected chi connectivity index (χ3v) is 4.45. The third kappa shape index (κ3) is 3.54. The van der Waals surface area contributed by atoms with Gasteiger partial charge in [0, 0.05) is 16.6 Å². The molecule has 3 rings (SSSR count). The van der Waals surface area contributed by atoms with E-state index in [1.54, 1.807) is 6.07 Å². The van der Waals surface area contributed by atoms with Gasteiger partial charge in [-0.1, -0.05) is 18.2 Å². The van der Waals surface area contributed by atoms with Crippen molar-refractivity contribution in [1.82, 2.24) is 0 Å². The molecule has 2 aromatic rings. The Balaban J connectivity index is 1.59. The predicted octanol–water partition coefficient (Wildman–Crippen LogP) is 3.50. The van der Waals surface area contributed by atoms with Crippen LogP contribution in [-0.2, 0) is 4.79 Å². The third-order valence-electron chi connectivity index (χ3n) is 3.28. The number of thioether (sulfide) groups is 1. The maximum atomic E-state index is 12.1. The van der Waals surface area contributed by atoms with Crippen LogP contribution < -0.4 is 14.8 Å². The van der Waals surface area contributed by atoms with Gasteiger partial charge in [-0.25, -0.2) is 0 Å². The number of carbonyl (C=O) groups is 1. The number of nitrogens with one attached hydrogen (secondary N) is 1. The summed E-state index contributed by atoms with van der Waals surface area (Å²) in [5.41, 5.74) is 1.90. The number of hydrogen-bond donors (Lipinski definition) is 1. The fraction of sp³-hybridized carbons (Fsp3) is 0.235. The van der Waals surface area contributed by atoms with Gasteiger partial charge in [0.1, 0.15) is 13.2 Å². The first-order valence-corrected chi connectivity index (χ1v) is 8.09. The van der Waals surface area contributed by atoms with E-state index in [9.17, 15) is 4.79 Å². The first-order valence-electron chi connectivity index (χ1n) is 7.10. The van der Waals surface area contributed by atoms with Crippen LogP contribution in [-0.4, -0.2) is 24.9 Å². The SMILES string of the molecule is Cc1ccccc1SCC(=O)Nc1ccc2c(c1)OCCO2. The Bertz CT molecular complexity index is 687. The summed E-state index contributed by atoms with van der Waals surface area (Å²) in [6.45, 7) is 3.14. The topological polar surface area (TPSA) is 47.6 Å². The Morgan fingerprint density at radius 2 is 1.91 bits per heavy atom. The lowest BCUT2D eigenvalue weighted by Gasteiger charge is -2.19. The van der Waals surface area contributed by atoms with E-state index in [0.29, 0.717) is 24.7 Å². The number of amides is 1. The number of ether oxygens (including phenoxy) is 2. The van der Waals surface area contributed by atoms with Gasteiger partial charge in [-0.15, -0.1) is 11.8 Å². The van der Waals surface area contributed by atoms with E-state index in [-0.39, 0.29) is 5.91 Å². The zero-order chi connectivity index (χ0) is 15.4. The molecule has 4 nitrogen and oxygen atoms in total. The number of hydrogen-bond acceptors (Lipinski definition) is 4. The highest BCUT2D eigenvalue weighted by Crippen LogP contribution is 2.32. The number of carbonyl (C=O) groups excluding carboxylic acids is 1. The van der Waals surface area contributed by atoms with Crippen LogP contribution in [0.5, 0.6) is 11.5 Å². The highest BCUT2D eigenvalue weighted by atomic mass is 32.2. The Kier molecular flexibility index (Phi) is 4.53. The smallest absolute Gasteiger partial charge is 0.234 e. The quantitative estimate of drug-likeness (QED) is 0.877. The van der Waals surface area contributed by atoms with Crippen molar-refractivity contribution in [2.75, 3.05) is 24.3 Å². The van der Waals surface area contributed by atoms with Crippen LogP contribution in [0.4, 0.5) is 5.69 Å². The monoisotopic (exact) mass is 315 g/mol. The van der Waals surface area contributed by atoms with Gasteiger partial charge in [0.15, 0.2) is 11.5 Å². The molecule has 1 aliphatic rings. The van der Waals surface area contributed by atoms with Gasteiger partial charge in [-0.3, -0.25) is 4.79 Å². The molecule has 0 spiro atoms. The van der Waals surface area contributed by atoms with E-state index >= 15 is 0 Å². The van der Waals surface area contributed by atoms with Crippen LogP contribution in [0, 0.1) is 6.92 Å². The van der Waals surface area contributed by atoms with Crippen LogP contribution in [0.25, 0.3) is 0 Å². The number of fused-ring (bicyclic) bond motifs is 1. The minimum absolute atomic E-state index is 0.0371. The second kappa shape index (κ2) is 6.75. The summed E-state index contributed by atoms with van der Waals surface area (Å²) >= 11 is 1.54. The van der Waals surface area contributed by atoms with Crippen molar-refractivity contribution in [3.8, 4) is 11.5 Å². The molecule has 114 valence electrons. The lowest BCUT2D eigenvalue weighted by atomic mass is 10.2. The molecule has 1 aliphatic heterocycles. The second-order valence-corrected chi connectivity index (χ2v) is 5.98. The number of aryl methyl sites for hydroxylation is 1. The average Bonchev–Trinajstić information content (AvgIpc) is 2.54. The molecule has 0 aliphatic carbocycles. The van der Waals surface area contributed by atoms with E-state index in [0.717, 1.165) is 16.3 Å². The molecular formula is C17H17NO3S. The van der Waals surface area contributed by atoms with Gasteiger partial charge in [-0.05, 0) is 30.7 Å². The summed E-state index contributed by atoms with van der Waals surface area (Å²) in [6, 6.07) is 13.5. The van der Waals surface area contributed by atoms with E-state index in [1.807, 2.05) is 43.3 Å². The zero-order valence-electron chi connectivity index (χ0n) is 12.3. The van der Waals surface area contributed by atoms with Crippen molar-refractivity contribution in [2.24, 2.45) is 0 Å². The largest absolute Gasteiger partial charge is 0.486 e. The number of benzene rings is 2. The number of rotatable bonds is 4. The summed E-state index contributed by atoms with van der Waals surface area (Å²) < 4.78 is 11.0. The summed E-state index contributed by atoms with van der Waals surface area (Å²) in [7, 11) is 0. The molecule has 0 bridgehead atoms. The van der Waals surface area contributed by atoms with Gasteiger partial charge in [-0.2, -0.15) is 0 Å². The predicted molar refractivity (Wildman–Crippen MR) is 88.0 cm³/mol. The maximum Gasteiger partial charge on any atom is 0.234 e. The van der Waals surface area contributed by atoms with Crippen molar-refractivity contribution >= 4 is 23.4 Å². The fourth-order valence-electron chi connectivity index (χ4n) is 2.18. The first kappa shape index (κ1) is 14.8. The van der Waals surface area contributed by atoms with E-state index < -0.39 is 0 Å². The molecule has 2 aromatic carbocycles. The molecule has 0 saturated heterocycles. The van der Waals surface area contributed by atoms with Gasteiger partial charge in [0.25, 0.3) is 0 Å². The molecule has 0 unspecified atom stereocenters. The maximum absolute atomic E-state index is 12.1. The zero-order valence-corrected chi connectivity index (χ0v) is 13.1. The average molecular weight is 315 g/mol. The fourth-order valence-corrected chi connectivity index (χ4v) is 3.01. The van der Waals surface area contributed by atoms with Gasteiger partial charge in [0.2, 0.25) is 5.91 Å². The van der Waals surface area contributed by atoms with E-state index in [1.165, 1.54) is 17.3 Å². The van der Waals surface area contributed by atoms with Crippen LogP contribution in [0.3, 0.4) is 0 Å². The lowest BCUT2D eigenvalue weighted by molar-refractivity contribution is -0.113. The molecule has 0 saturated carbocycles. The van der Waals surface area contributed by atoms with Gasteiger partial charge < -0.3 is 14.8 Å². The highest BCUT2D eigenvalue weighted by molar-refractivity contribution is 8.00.